The van der Waals surface area contributed by atoms with Gasteiger partial charge in [0.1, 0.15) is 11.8 Å². The van der Waals surface area contributed by atoms with Crippen molar-refractivity contribution in [1.29, 1.82) is 0 Å². The summed E-state index contributed by atoms with van der Waals surface area (Å²) in [5.74, 6) is 1.10. The lowest BCUT2D eigenvalue weighted by Crippen LogP contribution is -2.51. The molecule has 0 spiro atoms. The number of aromatic amines is 1. The van der Waals surface area contributed by atoms with Crippen molar-refractivity contribution in [3.8, 4) is 5.75 Å². The molecule has 7 heteroatoms. The highest BCUT2D eigenvalue weighted by Gasteiger charge is 2.31. The molecular weight excluding hydrogens is 428 g/mol. The molecule has 34 heavy (non-hydrogen) atoms. The molecule has 1 aliphatic rings. The smallest absolute Gasteiger partial charge is 0.245 e. The zero-order chi connectivity index (χ0) is 23.9. The first kappa shape index (κ1) is 23.8. The first-order valence-electron chi connectivity index (χ1n) is 12.1. The van der Waals surface area contributed by atoms with Crippen molar-refractivity contribution in [2.75, 3.05) is 26.7 Å². The first-order valence-corrected chi connectivity index (χ1v) is 12.1. The topological polar surface area (TPSA) is 100 Å². The minimum absolute atomic E-state index is 0.0233. The van der Waals surface area contributed by atoms with Crippen LogP contribution in [0.15, 0.2) is 54.7 Å². The van der Waals surface area contributed by atoms with E-state index in [0.29, 0.717) is 44.8 Å². The van der Waals surface area contributed by atoms with Crippen LogP contribution in [0.1, 0.15) is 42.7 Å². The van der Waals surface area contributed by atoms with Crippen LogP contribution in [-0.4, -0.2) is 54.5 Å². The van der Waals surface area contributed by atoms with E-state index in [1.54, 1.807) is 7.11 Å². The Balaban J connectivity index is 1.47. The molecule has 2 aromatic carbocycles. The van der Waals surface area contributed by atoms with Gasteiger partial charge in [-0.2, -0.15) is 0 Å². The van der Waals surface area contributed by atoms with Crippen molar-refractivity contribution in [2.45, 2.75) is 44.1 Å². The summed E-state index contributed by atoms with van der Waals surface area (Å²) in [5, 5.41) is 4.07. The molecular formula is C27H34N4O3. The van der Waals surface area contributed by atoms with Crippen LogP contribution in [0, 0.1) is 0 Å². The number of methoxy groups -OCH3 is 1. The van der Waals surface area contributed by atoms with Gasteiger partial charge in [-0.3, -0.25) is 9.59 Å². The van der Waals surface area contributed by atoms with Crippen molar-refractivity contribution < 1.29 is 14.3 Å². The standard InChI is InChI=1S/C27H34N4O3/c1-34-25-10-5-3-8-22(25)19-12-15-31(16-13-19)27(33)24(30-26(32)11-6-14-28)17-20-18-29-23-9-4-2-7-21(20)23/h2-5,7-10,18-19,24,29H,6,11-17,28H2,1H3,(H,30,32)/t24-/m1/s1. The molecule has 1 aromatic heterocycles. The van der Waals surface area contributed by atoms with E-state index in [0.717, 1.165) is 35.1 Å². The summed E-state index contributed by atoms with van der Waals surface area (Å²) in [6.07, 6.45) is 5.04. The molecule has 4 N–H and O–H groups in total. The number of para-hydroxylation sites is 2. The number of aromatic nitrogens is 1. The number of carbonyl (C=O) groups is 2. The number of ether oxygens (including phenoxy) is 1. The van der Waals surface area contributed by atoms with Gasteiger partial charge >= 0.3 is 0 Å². The molecule has 1 fully saturated rings. The van der Waals surface area contributed by atoms with Crippen LogP contribution in [0.25, 0.3) is 10.9 Å². The molecule has 0 aliphatic carbocycles. The number of hydrogen-bond acceptors (Lipinski definition) is 4. The van der Waals surface area contributed by atoms with Crippen LogP contribution in [0.5, 0.6) is 5.75 Å². The van der Waals surface area contributed by atoms with Gasteiger partial charge in [0, 0.05) is 43.0 Å². The number of nitrogens with two attached hydrogens (primary N) is 1. The molecule has 1 aliphatic heterocycles. The number of piperidine rings is 1. The maximum Gasteiger partial charge on any atom is 0.245 e. The van der Waals surface area contributed by atoms with Crippen LogP contribution in [0.2, 0.25) is 0 Å². The summed E-state index contributed by atoms with van der Waals surface area (Å²) in [5.41, 5.74) is 8.82. The van der Waals surface area contributed by atoms with E-state index in [9.17, 15) is 9.59 Å². The second-order valence-corrected chi connectivity index (χ2v) is 8.92. The molecule has 0 bridgehead atoms. The highest BCUT2D eigenvalue weighted by atomic mass is 16.5. The van der Waals surface area contributed by atoms with Crippen molar-refractivity contribution in [3.63, 3.8) is 0 Å². The number of nitrogens with zero attached hydrogens (tertiary/aromatic N) is 1. The van der Waals surface area contributed by atoms with Gasteiger partial charge in [-0.15, -0.1) is 0 Å². The average molecular weight is 463 g/mol. The highest BCUT2D eigenvalue weighted by Crippen LogP contribution is 2.34. The van der Waals surface area contributed by atoms with Gasteiger partial charge in [0.05, 0.1) is 7.11 Å². The lowest BCUT2D eigenvalue weighted by atomic mass is 9.88. The van der Waals surface area contributed by atoms with E-state index in [-0.39, 0.29) is 11.8 Å². The van der Waals surface area contributed by atoms with Crippen LogP contribution >= 0.6 is 0 Å². The third-order valence-electron chi connectivity index (χ3n) is 6.73. The number of nitrogens with one attached hydrogen (secondary N) is 2. The molecule has 7 nitrogen and oxygen atoms in total. The zero-order valence-electron chi connectivity index (χ0n) is 19.8. The number of likely N-dealkylation sites (tertiary alicyclic amines) is 1. The summed E-state index contributed by atoms with van der Waals surface area (Å²) in [4.78, 5) is 31.3. The fourth-order valence-corrected chi connectivity index (χ4v) is 4.88. The molecule has 2 amide bonds. The molecule has 0 radical (unpaired) electrons. The molecule has 1 atom stereocenters. The molecule has 4 rings (SSSR count). The van der Waals surface area contributed by atoms with Crippen molar-refractivity contribution >= 4 is 22.7 Å². The average Bonchev–Trinajstić information content (AvgIpc) is 3.29. The second-order valence-electron chi connectivity index (χ2n) is 8.92. The monoisotopic (exact) mass is 462 g/mol. The lowest BCUT2D eigenvalue weighted by Gasteiger charge is -2.35. The van der Waals surface area contributed by atoms with Gasteiger partial charge < -0.3 is 25.7 Å². The van der Waals surface area contributed by atoms with E-state index in [1.165, 1.54) is 5.56 Å². The Morgan fingerprint density at radius 1 is 1.15 bits per heavy atom. The van der Waals surface area contributed by atoms with Gasteiger partial charge in [0.15, 0.2) is 0 Å². The molecule has 0 saturated carbocycles. The molecule has 3 aromatic rings. The summed E-state index contributed by atoms with van der Waals surface area (Å²) in [7, 11) is 1.69. The zero-order valence-corrected chi connectivity index (χ0v) is 19.8. The van der Waals surface area contributed by atoms with Crippen molar-refractivity contribution in [2.24, 2.45) is 5.73 Å². The van der Waals surface area contributed by atoms with Gasteiger partial charge in [-0.25, -0.2) is 0 Å². The number of carbonyl (C=O) groups excluding carboxylic acids is 2. The fraction of sp³-hybridized carbons (Fsp3) is 0.407. The SMILES string of the molecule is COc1ccccc1C1CCN(C(=O)[C@@H](Cc2c[nH]c3ccccc23)NC(=O)CCCN)CC1. The predicted molar refractivity (Wildman–Crippen MR) is 134 cm³/mol. The summed E-state index contributed by atoms with van der Waals surface area (Å²) in [6, 6.07) is 15.5. The summed E-state index contributed by atoms with van der Waals surface area (Å²) >= 11 is 0. The van der Waals surface area contributed by atoms with Crippen LogP contribution in [0.3, 0.4) is 0 Å². The Hall–Kier alpha value is -3.32. The van der Waals surface area contributed by atoms with Crippen LogP contribution in [0.4, 0.5) is 0 Å². The van der Waals surface area contributed by atoms with Crippen LogP contribution in [-0.2, 0) is 16.0 Å². The number of H-pyrrole nitrogens is 1. The van der Waals surface area contributed by atoms with E-state index in [1.807, 2.05) is 53.6 Å². The molecule has 1 saturated heterocycles. The summed E-state index contributed by atoms with van der Waals surface area (Å²) < 4.78 is 5.54. The minimum atomic E-state index is -0.604. The quantitative estimate of drug-likeness (QED) is 0.454. The Bertz CT molecular complexity index is 1120. The fourth-order valence-electron chi connectivity index (χ4n) is 4.88. The van der Waals surface area contributed by atoms with Crippen molar-refractivity contribution in [3.05, 3.63) is 65.9 Å². The Morgan fingerprint density at radius 2 is 1.88 bits per heavy atom. The van der Waals surface area contributed by atoms with E-state index in [4.69, 9.17) is 10.5 Å². The van der Waals surface area contributed by atoms with Gasteiger partial charge in [-0.1, -0.05) is 36.4 Å². The predicted octanol–water partition coefficient (Wildman–Crippen LogP) is 3.35. The third kappa shape index (κ3) is 5.42. The maximum absolute atomic E-state index is 13.6. The van der Waals surface area contributed by atoms with Gasteiger partial charge in [-0.05, 0) is 55.0 Å². The number of fused-ring (bicyclic) bond motifs is 1. The van der Waals surface area contributed by atoms with E-state index < -0.39 is 6.04 Å². The molecule has 2 heterocycles. The van der Waals surface area contributed by atoms with Crippen molar-refractivity contribution in [1.82, 2.24) is 15.2 Å². The highest BCUT2D eigenvalue weighted by molar-refractivity contribution is 5.89. The lowest BCUT2D eigenvalue weighted by molar-refractivity contribution is -0.137. The Kier molecular flexibility index (Phi) is 7.85. The Morgan fingerprint density at radius 3 is 2.65 bits per heavy atom. The third-order valence-corrected chi connectivity index (χ3v) is 6.73. The second kappa shape index (κ2) is 11.2. The molecule has 0 unspecified atom stereocenters. The van der Waals surface area contributed by atoms with E-state index >= 15 is 0 Å². The van der Waals surface area contributed by atoms with Gasteiger partial charge in [0.2, 0.25) is 11.8 Å². The number of hydrogen-bond donors (Lipinski definition) is 3. The largest absolute Gasteiger partial charge is 0.496 e. The molecule has 180 valence electrons. The van der Waals surface area contributed by atoms with Gasteiger partial charge in [0.25, 0.3) is 0 Å². The minimum Gasteiger partial charge on any atom is -0.496 e. The summed E-state index contributed by atoms with van der Waals surface area (Å²) in [6.45, 7) is 1.76. The number of benzene rings is 2. The van der Waals surface area contributed by atoms with E-state index in [2.05, 4.69) is 16.4 Å². The number of rotatable bonds is 9. The Labute approximate surface area is 200 Å². The normalized spacial score (nSPS) is 15.3. The number of amides is 2. The maximum atomic E-state index is 13.6. The first-order chi connectivity index (χ1) is 16.6. The van der Waals surface area contributed by atoms with Crippen LogP contribution < -0.4 is 15.8 Å².